The number of aryl methyl sites for hydroxylation is 1. The zero-order valence-electron chi connectivity index (χ0n) is 20.4. The number of H-pyrrole nitrogens is 1. The van der Waals surface area contributed by atoms with Crippen LogP contribution in [0.15, 0.2) is 70.4 Å². The van der Waals surface area contributed by atoms with Crippen LogP contribution in [-0.2, 0) is 23.4 Å². The van der Waals surface area contributed by atoms with Crippen molar-refractivity contribution in [3.8, 4) is 11.5 Å². The lowest BCUT2D eigenvalue weighted by Crippen LogP contribution is -2.37. The van der Waals surface area contributed by atoms with E-state index in [9.17, 15) is 18.9 Å². The molecule has 0 aliphatic carbocycles. The number of nitrogens with one attached hydrogen (secondary N) is 2. The van der Waals surface area contributed by atoms with Crippen LogP contribution in [-0.4, -0.2) is 41.1 Å². The summed E-state index contributed by atoms with van der Waals surface area (Å²) in [4.78, 5) is 38.6. The molecule has 0 spiro atoms. The van der Waals surface area contributed by atoms with Gasteiger partial charge in [-0.25, -0.2) is 14.2 Å². The van der Waals surface area contributed by atoms with E-state index in [-0.39, 0.29) is 19.0 Å². The third-order valence-electron chi connectivity index (χ3n) is 5.28. The maximum Gasteiger partial charge on any atom is 0.459 e. The van der Waals surface area contributed by atoms with E-state index in [1.165, 1.54) is 42.0 Å². The number of hydrogen-bond donors (Lipinski definition) is 2. The summed E-state index contributed by atoms with van der Waals surface area (Å²) in [7, 11) is -4.21. The number of benzene rings is 2. The molecule has 1 aliphatic heterocycles. The Kier molecular flexibility index (Phi) is 8.83. The smallest absolute Gasteiger partial charge is 0.425 e. The van der Waals surface area contributed by atoms with Gasteiger partial charge in [0.1, 0.15) is 24.1 Å². The summed E-state index contributed by atoms with van der Waals surface area (Å²) >= 11 is 5.92. The number of carbonyl (C=O) groups is 1. The van der Waals surface area contributed by atoms with Crippen molar-refractivity contribution in [1.82, 2.24) is 14.6 Å². The van der Waals surface area contributed by atoms with Crippen molar-refractivity contribution in [2.24, 2.45) is 0 Å². The third kappa shape index (κ3) is 7.19. The van der Waals surface area contributed by atoms with Crippen molar-refractivity contribution >= 4 is 25.3 Å². The normalized spacial score (nSPS) is 19.4. The molecular weight excluding hydrogens is 541 g/mol. The lowest BCUT2D eigenvalue weighted by atomic mass is 10.3. The lowest BCUT2D eigenvalue weighted by molar-refractivity contribution is -0.136. The molecule has 0 bridgehead atoms. The van der Waals surface area contributed by atoms with Gasteiger partial charge in [-0.05, 0) is 50.2 Å². The average Bonchev–Trinajstić information content (AvgIpc) is 3.36. The number of aromatic amines is 1. The Labute approximate surface area is 222 Å². The Hall–Kier alpha value is -3.25. The summed E-state index contributed by atoms with van der Waals surface area (Å²) in [6.07, 6.45) is -0.528. The number of hydrogen-bond acceptors (Lipinski definition) is 9. The molecule has 0 amide bonds. The molecule has 38 heavy (non-hydrogen) atoms. The van der Waals surface area contributed by atoms with Crippen LogP contribution in [0.1, 0.15) is 18.7 Å². The van der Waals surface area contributed by atoms with Crippen molar-refractivity contribution in [2.45, 2.75) is 32.4 Å². The molecule has 1 saturated heterocycles. The van der Waals surface area contributed by atoms with E-state index in [1.807, 2.05) is 0 Å². The molecule has 0 radical (unpaired) electrons. The summed E-state index contributed by atoms with van der Waals surface area (Å²) in [5.74, 6) is -0.247. The second kappa shape index (κ2) is 12.1. The quantitative estimate of drug-likeness (QED) is 0.213. The maximum atomic E-state index is 13.7. The van der Waals surface area contributed by atoms with Gasteiger partial charge in [0, 0.05) is 16.8 Å². The SMILES string of the molecule is Cc1cn([C@H]2CO[C@@H](COP(=O)(N[C@@H](C)C(=O)Oc3ccccc3)Oc3ccc(Cl)cc3)O2)c(=O)[nH]c1=O. The number of ether oxygens (including phenoxy) is 3. The predicted molar refractivity (Wildman–Crippen MR) is 136 cm³/mol. The third-order valence-corrected chi connectivity index (χ3v) is 7.17. The number of aromatic nitrogens is 2. The number of halogens is 1. The van der Waals surface area contributed by atoms with Crippen LogP contribution in [0, 0.1) is 6.92 Å². The lowest BCUT2D eigenvalue weighted by Gasteiger charge is -2.23. The Morgan fingerprint density at radius 3 is 2.61 bits per heavy atom. The largest absolute Gasteiger partial charge is 0.459 e. The molecule has 14 heteroatoms. The van der Waals surface area contributed by atoms with Crippen LogP contribution in [0.25, 0.3) is 0 Å². The zero-order valence-corrected chi connectivity index (χ0v) is 22.0. The topological polar surface area (TPSA) is 147 Å². The molecule has 3 aromatic rings. The monoisotopic (exact) mass is 565 g/mol. The second-order valence-corrected chi connectivity index (χ2v) is 10.4. The van der Waals surface area contributed by atoms with Gasteiger partial charge in [-0.3, -0.25) is 18.9 Å². The molecule has 0 saturated carbocycles. The first kappa shape index (κ1) is 27.8. The van der Waals surface area contributed by atoms with E-state index >= 15 is 0 Å². The first-order valence-electron chi connectivity index (χ1n) is 11.5. The summed E-state index contributed by atoms with van der Waals surface area (Å²) < 4.78 is 42.5. The molecule has 2 aromatic carbocycles. The molecule has 1 fully saturated rings. The first-order valence-corrected chi connectivity index (χ1v) is 13.4. The fourth-order valence-corrected chi connectivity index (χ4v) is 4.95. The van der Waals surface area contributed by atoms with Gasteiger partial charge in [-0.2, -0.15) is 5.09 Å². The van der Waals surface area contributed by atoms with Gasteiger partial charge >= 0.3 is 19.4 Å². The van der Waals surface area contributed by atoms with Gasteiger partial charge in [0.2, 0.25) is 0 Å². The van der Waals surface area contributed by atoms with Crippen LogP contribution < -0.4 is 25.6 Å². The van der Waals surface area contributed by atoms with E-state index in [4.69, 9.17) is 34.9 Å². The van der Waals surface area contributed by atoms with Crippen molar-refractivity contribution in [1.29, 1.82) is 0 Å². The Balaban J connectivity index is 1.44. The maximum absolute atomic E-state index is 13.7. The fraction of sp³-hybridized carbons (Fsp3) is 0.292. The van der Waals surface area contributed by atoms with Crippen molar-refractivity contribution < 1.29 is 32.6 Å². The average molecular weight is 566 g/mol. The fourth-order valence-electron chi connectivity index (χ4n) is 3.34. The minimum absolute atomic E-state index is 0.0327. The molecule has 12 nitrogen and oxygen atoms in total. The molecular formula is C24H25ClN3O9P. The van der Waals surface area contributed by atoms with Gasteiger partial charge in [-0.1, -0.05) is 29.8 Å². The van der Waals surface area contributed by atoms with Gasteiger partial charge < -0.3 is 18.7 Å². The summed E-state index contributed by atoms with van der Waals surface area (Å²) in [5, 5.41) is 3.00. The highest BCUT2D eigenvalue weighted by Crippen LogP contribution is 2.45. The van der Waals surface area contributed by atoms with Crippen molar-refractivity contribution in [3.05, 3.63) is 92.2 Å². The van der Waals surface area contributed by atoms with Crippen molar-refractivity contribution in [3.63, 3.8) is 0 Å². The van der Waals surface area contributed by atoms with Crippen molar-refractivity contribution in [2.75, 3.05) is 13.2 Å². The molecule has 4 rings (SSSR count). The van der Waals surface area contributed by atoms with E-state index < -0.39 is 43.5 Å². The van der Waals surface area contributed by atoms with E-state index in [1.54, 1.807) is 37.3 Å². The van der Waals surface area contributed by atoms with E-state index in [0.717, 1.165) is 0 Å². The van der Waals surface area contributed by atoms with Crippen LogP contribution in [0.4, 0.5) is 0 Å². The minimum Gasteiger partial charge on any atom is -0.425 e. The number of para-hydroxylation sites is 1. The highest BCUT2D eigenvalue weighted by atomic mass is 35.5. The van der Waals surface area contributed by atoms with E-state index in [0.29, 0.717) is 16.3 Å². The van der Waals surface area contributed by atoms with Gasteiger partial charge in [-0.15, -0.1) is 0 Å². The summed E-state index contributed by atoms with van der Waals surface area (Å²) in [6.45, 7) is 2.57. The molecule has 202 valence electrons. The van der Waals surface area contributed by atoms with Crippen LogP contribution in [0.5, 0.6) is 11.5 Å². The number of rotatable bonds is 10. The Morgan fingerprint density at radius 2 is 1.89 bits per heavy atom. The van der Waals surface area contributed by atoms with Crippen LogP contribution >= 0.6 is 19.3 Å². The first-order chi connectivity index (χ1) is 18.1. The number of carbonyl (C=O) groups excluding carboxylic acids is 1. The van der Waals surface area contributed by atoms with Crippen LogP contribution in [0.2, 0.25) is 5.02 Å². The molecule has 1 aliphatic rings. The highest BCUT2D eigenvalue weighted by molar-refractivity contribution is 7.52. The molecule has 2 heterocycles. The highest BCUT2D eigenvalue weighted by Gasteiger charge is 2.36. The number of esters is 1. The summed E-state index contributed by atoms with van der Waals surface area (Å²) in [6, 6.07) is 13.3. The van der Waals surface area contributed by atoms with E-state index in [2.05, 4.69) is 10.1 Å². The molecule has 1 unspecified atom stereocenters. The molecule has 1 aromatic heterocycles. The Bertz CT molecular complexity index is 1430. The second-order valence-electron chi connectivity index (χ2n) is 8.26. The van der Waals surface area contributed by atoms with Gasteiger partial charge in [0.05, 0.1) is 6.61 Å². The van der Waals surface area contributed by atoms with Gasteiger partial charge in [0.25, 0.3) is 5.56 Å². The standard InChI is InChI=1S/C24H25ClN3O9P/c1-15-12-28(24(31)26-22(15)29)20-13-33-21(36-20)14-34-38(32,37-19-10-8-17(25)9-11-19)27-16(2)23(30)35-18-6-4-3-5-7-18/h3-12,16,20-21H,13-14H2,1-2H3,(H,27,32)(H,26,29,31)/t16-,20+,21+,38?/m0/s1. The van der Waals surface area contributed by atoms with Crippen LogP contribution in [0.3, 0.4) is 0 Å². The Morgan fingerprint density at radius 1 is 1.18 bits per heavy atom. The molecule has 2 N–H and O–H groups in total. The zero-order chi connectivity index (χ0) is 27.3. The predicted octanol–water partition coefficient (Wildman–Crippen LogP) is 3.16. The number of nitrogens with zero attached hydrogens (tertiary/aromatic N) is 1. The van der Waals surface area contributed by atoms with Gasteiger partial charge in [0.15, 0.2) is 12.5 Å². The molecule has 4 atom stereocenters. The minimum atomic E-state index is -4.21. The summed E-state index contributed by atoms with van der Waals surface area (Å²) in [5.41, 5.74) is -0.856.